The van der Waals surface area contributed by atoms with Gasteiger partial charge in [-0.3, -0.25) is 0 Å². The molecule has 0 saturated carbocycles. The summed E-state index contributed by atoms with van der Waals surface area (Å²) >= 11 is 0. The Morgan fingerprint density at radius 1 is 0.296 bits per heavy atom. The molecule has 0 bridgehead atoms. The largest absolute Gasteiger partial charge is 0.0616 e. The van der Waals surface area contributed by atoms with Gasteiger partial charge in [0.2, 0.25) is 0 Å². The highest BCUT2D eigenvalue weighted by Crippen LogP contribution is 2.50. The minimum atomic E-state index is -0.0137. The van der Waals surface area contributed by atoms with Crippen molar-refractivity contribution >= 4 is 75.4 Å². The van der Waals surface area contributed by atoms with Crippen molar-refractivity contribution in [2.75, 3.05) is 0 Å². The van der Waals surface area contributed by atoms with Crippen molar-refractivity contribution in [3.05, 3.63) is 169 Å². The summed E-state index contributed by atoms with van der Waals surface area (Å²) in [6, 6.07) is 59.9. The molecule has 0 spiro atoms. The summed E-state index contributed by atoms with van der Waals surface area (Å²) in [6.07, 6.45) is 0. The smallest absolute Gasteiger partial charge is 0.00198 e. The molecule has 0 fully saturated rings. The predicted octanol–water partition coefficient (Wildman–Crippen LogP) is 15.7. The van der Waals surface area contributed by atoms with Crippen molar-refractivity contribution in [2.24, 2.45) is 0 Å². The summed E-state index contributed by atoms with van der Waals surface area (Å²) in [6.45, 7) is 14.0. The number of benzene rings is 10. The Bertz CT molecular complexity index is 3160. The van der Waals surface area contributed by atoms with E-state index in [0.29, 0.717) is 0 Å². The van der Waals surface area contributed by atoms with Crippen LogP contribution in [-0.2, 0) is 10.8 Å². The molecule has 0 aliphatic carbocycles. The summed E-state index contributed by atoms with van der Waals surface area (Å²) < 4.78 is 0. The zero-order valence-electron chi connectivity index (χ0n) is 32.0. The minimum absolute atomic E-state index is 0.00429. The molecule has 0 saturated heterocycles. The third-order valence-electron chi connectivity index (χ3n) is 11.9. The lowest BCUT2D eigenvalue weighted by molar-refractivity contribution is 0.590. The molecule has 0 nitrogen and oxygen atoms in total. The van der Waals surface area contributed by atoms with Gasteiger partial charge in [-0.1, -0.05) is 175 Å². The van der Waals surface area contributed by atoms with Crippen molar-refractivity contribution in [1.82, 2.24) is 0 Å². The molecule has 10 aromatic rings. The SMILES string of the molecule is CC(C)(C)c1ccc2c(-c3cc4c5ccccc5c5ccccc5c4c4ccccc34)c3cc(C(C)(C)C)ccc3c(-c3ccc4ccccc4c3)c2c1. The first-order valence-corrected chi connectivity index (χ1v) is 19.4. The Morgan fingerprint density at radius 3 is 1.37 bits per heavy atom. The van der Waals surface area contributed by atoms with Crippen LogP contribution in [0, 0.1) is 0 Å². The van der Waals surface area contributed by atoms with Crippen LogP contribution < -0.4 is 0 Å². The quantitative estimate of drug-likeness (QED) is 0.125. The molecule has 0 N–H and O–H groups in total. The topological polar surface area (TPSA) is 0 Å². The molecular formula is C54H44. The van der Waals surface area contributed by atoms with Crippen molar-refractivity contribution in [1.29, 1.82) is 0 Å². The molecule has 0 aliphatic heterocycles. The fraction of sp³-hybridized carbons (Fsp3) is 0.148. The summed E-state index contributed by atoms with van der Waals surface area (Å²) in [7, 11) is 0. The lowest BCUT2D eigenvalue weighted by Crippen LogP contribution is -2.11. The molecule has 0 heteroatoms. The van der Waals surface area contributed by atoms with Gasteiger partial charge in [-0.25, -0.2) is 0 Å². The number of hydrogen-bond acceptors (Lipinski definition) is 0. The van der Waals surface area contributed by atoms with Crippen LogP contribution >= 0.6 is 0 Å². The van der Waals surface area contributed by atoms with Crippen molar-refractivity contribution in [3.63, 3.8) is 0 Å². The van der Waals surface area contributed by atoms with E-state index in [1.165, 1.54) is 109 Å². The van der Waals surface area contributed by atoms with E-state index in [1.54, 1.807) is 0 Å². The molecule has 0 aromatic heterocycles. The van der Waals surface area contributed by atoms with Crippen LogP contribution in [0.3, 0.4) is 0 Å². The monoisotopic (exact) mass is 692 g/mol. The Hall–Kier alpha value is -5.98. The highest BCUT2D eigenvalue weighted by atomic mass is 14.3. The van der Waals surface area contributed by atoms with Crippen molar-refractivity contribution < 1.29 is 0 Å². The van der Waals surface area contributed by atoms with E-state index in [2.05, 4.69) is 199 Å². The summed E-state index contributed by atoms with van der Waals surface area (Å²) in [5.41, 5.74) is 7.82. The third kappa shape index (κ3) is 4.97. The molecule has 10 aromatic carbocycles. The molecule has 0 radical (unpaired) electrons. The van der Waals surface area contributed by atoms with E-state index in [-0.39, 0.29) is 10.8 Å². The average Bonchev–Trinajstić information content (AvgIpc) is 3.18. The van der Waals surface area contributed by atoms with Crippen LogP contribution in [0.15, 0.2) is 158 Å². The second-order valence-corrected chi connectivity index (χ2v) is 17.3. The van der Waals surface area contributed by atoms with Gasteiger partial charge in [-0.2, -0.15) is 0 Å². The second-order valence-electron chi connectivity index (χ2n) is 17.3. The number of rotatable bonds is 2. The Balaban J connectivity index is 1.45. The summed E-state index contributed by atoms with van der Waals surface area (Å²) in [4.78, 5) is 0. The Kier molecular flexibility index (Phi) is 7.11. The minimum Gasteiger partial charge on any atom is -0.0616 e. The van der Waals surface area contributed by atoms with Gasteiger partial charge in [0, 0.05) is 0 Å². The van der Waals surface area contributed by atoms with Gasteiger partial charge in [0.25, 0.3) is 0 Å². The van der Waals surface area contributed by atoms with Crippen LogP contribution in [0.25, 0.3) is 97.7 Å². The van der Waals surface area contributed by atoms with Crippen LogP contribution in [0.4, 0.5) is 0 Å². The first-order chi connectivity index (χ1) is 26.1. The number of fused-ring (bicyclic) bond motifs is 11. The fourth-order valence-corrected chi connectivity index (χ4v) is 9.08. The van der Waals surface area contributed by atoms with E-state index in [0.717, 1.165) is 0 Å². The van der Waals surface area contributed by atoms with Crippen LogP contribution in [0.1, 0.15) is 52.7 Å². The maximum absolute atomic E-state index is 2.53. The molecular weight excluding hydrogens is 649 g/mol. The standard InChI is InChI=1S/C54H44/c1-53(2,3)36-26-28-45-46(30-36)50(35-24-23-33-15-7-8-16-34(33)29-35)44-27-25-37(54(4,5)6)31-47(44)52(45)49-32-48-40-19-10-9-17-38(40)39-18-11-13-21-42(39)51(48)43-22-14-12-20-41(43)49/h7-32H,1-6H3. The normalized spacial score (nSPS) is 12.6. The van der Waals surface area contributed by atoms with Gasteiger partial charge in [0.1, 0.15) is 0 Å². The van der Waals surface area contributed by atoms with Gasteiger partial charge < -0.3 is 0 Å². The van der Waals surface area contributed by atoms with Gasteiger partial charge >= 0.3 is 0 Å². The van der Waals surface area contributed by atoms with E-state index >= 15 is 0 Å². The van der Waals surface area contributed by atoms with E-state index in [4.69, 9.17) is 0 Å². The molecule has 10 rings (SSSR count). The molecule has 260 valence electrons. The Morgan fingerprint density at radius 2 is 0.759 bits per heavy atom. The fourth-order valence-electron chi connectivity index (χ4n) is 9.08. The molecule has 0 aliphatic rings. The maximum atomic E-state index is 2.53. The highest BCUT2D eigenvalue weighted by Gasteiger charge is 2.24. The number of hydrogen-bond donors (Lipinski definition) is 0. The summed E-state index contributed by atoms with van der Waals surface area (Å²) in [5, 5.41) is 18.1. The molecule has 54 heavy (non-hydrogen) atoms. The van der Waals surface area contributed by atoms with E-state index in [1.807, 2.05) is 0 Å². The van der Waals surface area contributed by atoms with Gasteiger partial charge in [-0.15, -0.1) is 0 Å². The molecule has 0 atom stereocenters. The lowest BCUT2D eigenvalue weighted by Gasteiger charge is -2.25. The predicted molar refractivity (Wildman–Crippen MR) is 237 cm³/mol. The second kappa shape index (κ2) is 11.8. The van der Waals surface area contributed by atoms with Crippen LogP contribution in [0.2, 0.25) is 0 Å². The lowest BCUT2D eigenvalue weighted by atomic mass is 9.78. The van der Waals surface area contributed by atoms with E-state index in [9.17, 15) is 0 Å². The van der Waals surface area contributed by atoms with Crippen molar-refractivity contribution in [3.8, 4) is 22.3 Å². The van der Waals surface area contributed by atoms with E-state index < -0.39 is 0 Å². The van der Waals surface area contributed by atoms with Gasteiger partial charge in [-0.05, 0) is 144 Å². The first-order valence-electron chi connectivity index (χ1n) is 19.4. The zero-order valence-corrected chi connectivity index (χ0v) is 32.0. The van der Waals surface area contributed by atoms with Gasteiger partial charge in [0.05, 0.1) is 0 Å². The third-order valence-corrected chi connectivity index (χ3v) is 11.9. The van der Waals surface area contributed by atoms with Crippen LogP contribution in [-0.4, -0.2) is 0 Å². The highest BCUT2D eigenvalue weighted by molar-refractivity contribution is 6.34. The molecule has 0 amide bonds. The Labute approximate surface area is 317 Å². The van der Waals surface area contributed by atoms with Gasteiger partial charge in [0.15, 0.2) is 0 Å². The average molecular weight is 693 g/mol. The molecule has 0 unspecified atom stereocenters. The zero-order chi connectivity index (χ0) is 36.9. The van der Waals surface area contributed by atoms with Crippen LogP contribution in [0.5, 0.6) is 0 Å². The summed E-state index contributed by atoms with van der Waals surface area (Å²) in [5.74, 6) is 0. The first kappa shape index (κ1) is 32.7. The molecule has 0 heterocycles. The maximum Gasteiger partial charge on any atom is -0.00198 e. The van der Waals surface area contributed by atoms with Crippen molar-refractivity contribution in [2.45, 2.75) is 52.4 Å².